The largest absolute Gasteiger partial charge is 0.355 e. The summed E-state index contributed by atoms with van der Waals surface area (Å²) in [5.74, 6) is 0.588. The van der Waals surface area contributed by atoms with Crippen LogP contribution < -0.4 is 5.32 Å². The molecule has 0 radical (unpaired) electrons. The number of thioether (sulfide) groups is 1. The van der Waals surface area contributed by atoms with E-state index < -0.39 is 6.04 Å². The van der Waals surface area contributed by atoms with Crippen molar-refractivity contribution in [3.8, 4) is 0 Å². The molecule has 0 heterocycles. The van der Waals surface area contributed by atoms with Gasteiger partial charge >= 0.3 is 0 Å². The number of nitrogens with one attached hydrogen (secondary N) is 1. The van der Waals surface area contributed by atoms with Gasteiger partial charge in [0.05, 0.1) is 5.75 Å². The number of likely N-dealkylation sites (N-methyl/N-ethyl adjacent to an activating group) is 1. The number of hydrogen-bond donors (Lipinski definition) is 1. The van der Waals surface area contributed by atoms with Crippen LogP contribution in [0.5, 0.6) is 0 Å². The fourth-order valence-corrected chi connectivity index (χ4v) is 4.50. The van der Waals surface area contributed by atoms with E-state index in [4.69, 9.17) is 34.8 Å². The van der Waals surface area contributed by atoms with Gasteiger partial charge in [-0.2, -0.15) is 0 Å². The summed E-state index contributed by atoms with van der Waals surface area (Å²) >= 11 is 20.1. The van der Waals surface area contributed by atoms with Crippen molar-refractivity contribution < 1.29 is 9.59 Å². The van der Waals surface area contributed by atoms with Crippen LogP contribution in [0.2, 0.25) is 15.1 Å². The highest BCUT2D eigenvalue weighted by Crippen LogP contribution is 2.27. The fourth-order valence-electron chi connectivity index (χ4n) is 2.99. The Morgan fingerprint density at radius 3 is 2.23 bits per heavy atom. The highest BCUT2D eigenvalue weighted by atomic mass is 35.5. The Hall–Kier alpha value is -1.40. The van der Waals surface area contributed by atoms with Gasteiger partial charge in [0.15, 0.2) is 0 Å². The van der Waals surface area contributed by atoms with Crippen molar-refractivity contribution in [3.63, 3.8) is 0 Å². The minimum Gasteiger partial charge on any atom is -0.355 e. The zero-order valence-electron chi connectivity index (χ0n) is 17.0. The van der Waals surface area contributed by atoms with Crippen molar-refractivity contribution in [1.29, 1.82) is 0 Å². The average molecular weight is 488 g/mol. The smallest absolute Gasteiger partial charge is 0.242 e. The van der Waals surface area contributed by atoms with Crippen LogP contribution in [-0.4, -0.2) is 35.1 Å². The van der Waals surface area contributed by atoms with E-state index in [9.17, 15) is 9.59 Å². The van der Waals surface area contributed by atoms with Gasteiger partial charge in [0.25, 0.3) is 0 Å². The van der Waals surface area contributed by atoms with E-state index in [1.54, 1.807) is 23.1 Å². The van der Waals surface area contributed by atoms with Crippen LogP contribution in [0.25, 0.3) is 0 Å². The van der Waals surface area contributed by atoms with Crippen molar-refractivity contribution in [3.05, 3.63) is 68.7 Å². The third-order valence-corrected chi connectivity index (χ3v) is 6.48. The summed E-state index contributed by atoms with van der Waals surface area (Å²) in [6, 6.07) is 12.1. The minimum atomic E-state index is -0.596. The fraction of sp³-hybridized carbons (Fsp3) is 0.364. The molecule has 1 unspecified atom stereocenters. The first-order chi connectivity index (χ1) is 14.4. The second kappa shape index (κ2) is 12.5. The molecule has 0 aliphatic rings. The SMILES string of the molecule is CCNC(=O)C(CC)N(Cc1c(Cl)cccc1Cl)C(=O)CSCc1ccc(Cl)cc1. The van der Waals surface area contributed by atoms with Crippen molar-refractivity contribution in [2.75, 3.05) is 12.3 Å². The first kappa shape index (κ1) is 24.9. The molecule has 2 aromatic carbocycles. The van der Waals surface area contributed by atoms with Gasteiger partial charge in [0.2, 0.25) is 11.8 Å². The highest BCUT2D eigenvalue weighted by molar-refractivity contribution is 7.99. The van der Waals surface area contributed by atoms with E-state index >= 15 is 0 Å². The number of rotatable bonds is 10. The third-order valence-electron chi connectivity index (χ3n) is 4.53. The average Bonchev–Trinajstić information content (AvgIpc) is 2.71. The van der Waals surface area contributed by atoms with Crippen molar-refractivity contribution in [2.24, 2.45) is 0 Å². The lowest BCUT2D eigenvalue weighted by Gasteiger charge is -2.31. The lowest BCUT2D eigenvalue weighted by molar-refractivity contribution is -0.139. The second-order valence-electron chi connectivity index (χ2n) is 6.66. The zero-order valence-corrected chi connectivity index (χ0v) is 20.0. The Balaban J connectivity index is 2.17. The summed E-state index contributed by atoms with van der Waals surface area (Å²) in [7, 11) is 0. The zero-order chi connectivity index (χ0) is 22.1. The molecule has 1 atom stereocenters. The van der Waals surface area contributed by atoms with Gasteiger partial charge in [0, 0.05) is 39.5 Å². The van der Waals surface area contributed by atoms with Crippen LogP contribution in [0.1, 0.15) is 31.4 Å². The van der Waals surface area contributed by atoms with Gasteiger partial charge in [-0.05, 0) is 43.2 Å². The molecule has 0 spiro atoms. The highest BCUT2D eigenvalue weighted by Gasteiger charge is 2.29. The van der Waals surface area contributed by atoms with Gasteiger partial charge in [-0.15, -0.1) is 11.8 Å². The molecule has 0 aliphatic carbocycles. The molecule has 2 rings (SSSR count). The van der Waals surface area contributed by atoms with Crippen molar-refractivity contribution >= 4 is 58.4 Å². The molecule has 0 aromatic heterocycles. The number of benzene rings is 2. The number of hydrogen-bond acceptors (Lipinski definition) is 3. The summed E-state index contributed by atoms with van der Waals surface area (Å²) in [5, 5.41) is 4.44. The normalized spacial score (nSPS) is 11.8. The molecule has 0 saturated carbocycles. The van der Waals surface area contributed by atoms with E-state index in [1.807, 2.05) is 38.1 Å². The monoisotopic (exact) mass is 486 g/mol. The molecule has 0 aliphatic heterocycles. The summed E-state index contributed by atoms with van der Waals surface area (Å²) in [5.41, 5.74) is 1.72. The molecule has 8 heteroatoms. The number of carbonyl (C=O) groups is 2. The summed E-state index contributed by atoms with van der Waals surface area (Å²) < 4.78 is 0. The molecule has 1 N–H and O–H groups in total. The van der Waals surface area contributed by atoms with E-state index in [1.165, 1.54) is 11.8 Å². The first-order valence-electron chi connectivity index (χ1n) is 9.69. The van der Waals surface area contributed by atoms with Gasteiger partial charge in [0.1, 0.15) is 6.04 Å². The number of carbonyl (C=O) groups excluding carboxylic acids is 2. The molecule has 0 saturated heterocycles. The molecule has 2 amide bonds. The van der Waals surface area contributed by atoms with E-state index in [0.29, 0.717) is 39.3 Å². The predicted octanol–water partition coefficient (Wildman–Crippen LogP) is 5.82. The summed E-state index contributed by atoms with van der Waals surface area (Å²) in [4.78, 5) is 27.3. The first-order valence-corrected chi connectivity index (χ1v) is 12.0. The Kier molecular flexibility index (Phi) is 10.3. The lowest BCUT2D eigenvalue weighted by Crippen LogP contribution is -2.49. The molecule has 0 fully saturated rings. The standard InChI is InChI=1S/C22H25Cl3N2O2S/c1-3-20(22(29)26-4-2)27(12-17-18(24)6-5-7-19(17)25)21(28)14-30-13-15-8-10-16(23)11-9-15/h5-11,20H,3-4,12-14H2,1-2H3,(H,26,29). The molecular weight excluding hydrogens is 463 g/mol. The van der Waals surface area contributed by atoms with Crippen LogP contribution >= 0.6 is 46.6 Å². The molecular formula is C22H25Cl3N2O2S. The number of nitrogens with zero attached hydrogens (tertiary/aromatic N) is 1. The molecule has 0 bridgehead atoms. The van der Waals surface area contributed by atoms with Gasteiger partial charge < -0.3 is 10.2 Å². The Bertz CT molecular complexity index is 842. The number of amides is 2. The van der Waals surface area contributed by atoms with E-state index in [-0.39, 0.29) is 24.1 Å². The van der Waals surface area contributed by atoms with Gasteiger partial charge in [-0.1, -0.05) is 59.9 Å². The lowest BCUT2D eigenvalue weighted by atomic mass is 10.1. The predicted molar refractivity (Wildman–Crippen MR) is 127 cm³/mol. The van der Waals surface area contributed by atoms with Crippen LogP contribution in [0.15, 0.2) is 42.5 Å². The maximum absolute atomic E-state index is 13.1. The third kappa shape index (κ3) is 7.09. The van der Waals surface area contributed by atoms with Gasteiger partial charge in [-0.25, -0.2) is 0 Å². The second-order valence-corrected chi connectivity index (χ2v) is 8.90. The van der Waals surface area contributed by atoms with Crippen LogP contribution in [-0.2, 0) is 21.9 Å². The molecule has 4 nitrogen and oxygen atoms in total. The van der Waals surface area contributed by atoms with Crippen LogP contribution in [0.3, 0.4) is 0 Å². The maximum Gasteiger partial charge on any atom is 0.242 e. The van der Waals surface area contributed by atoms with Crippen LogP contribution in [0, 0.1) is 0 Å². The minimum absolute atomic E-state index is 0.136. The Morgan fingerprint density at radius 2 is 1.67 bits per heavy atom. The molecule has 162 valence electrons. The topological polar surface area (TPSA) is 49.4 Å². The summed E-state index contributed by atoms with van der Waals surface area (Å²) in [6.45, 7) is 4.41. The quantitative estimate of drug-likeness (QED) is 0.459. The summed E-state index contributed by atoms with van der Waals surface area (Å²) in [6.07, 6.45) is 0.488. The van der Waals surface area contributed by atoms with Crippen molar-refractivity contribution in [2.45, 2.75) is 38.6 Å². The Labute approximate surface area is 197 Å². The number of halogens is 3. The van der Waals surface area contributed by atoms with E-state index in [2.05, 4.69) is 5.32 Å². The molecule has 2 aromatic rings. The van der Waals surface area contributed by atoms with Crippen LogP contribution in [0.4, 0.5) is 0 Å². The van der Waals surface area contributed by atoms with Gasteiger partial charge in [-0.3, -0.25) is 9.59 Å². The maximum atomic E-state index is 13.1. The Morgan fingerprint density at radius 1 is 1.03 bits per heavy atom. The molecule has 30 heavy (non-hydrogen) atoms. The van der Waals surface area contributed by atoms with Crippen molar-refractivity contribution in [1.82, 2.24) is 10.2 Å². The van der Waals surface area contributed by atoms with E-state index in [0.717, 1.165) is 5.56 Å².